The van der Waals surface area contributed by atoms with Gasteiger partial charge in [-0.25, -0.2) is 8.42 Å². The largest absolute Gasteiger partial charge is 0.316 e. The Labute approximate surface area is 157 Å². The molecule has 0 saturated carbocycles. The number of fused-ring (bicyclic) bond motifs is 1. The van der Waals surface area contributed by atoms with Crippen LogP contribution in [0.5, 0.6) is 0 Å². The third-order valence-corrected chi connectivity index (χ3v) is 8.17. The molecule has 0 N–H and O–H groups in total. The molecule has 8 heteroatoms. The van der Waals surface area contributed by atoms with Gasteiger partial charge in [-0.2, -0.15) is 4.99 Å². The molecule has 1 aromatic rings. The first-order chi connectivity index (χ1) is 11.8. The average Bonchev–Trinajstić information content (AvgIpc) is 3.00. The summed E-state index contributed by atoms with van der Waals surface area (Å²) < 4.78 is 24.1. The summed E-state index contributed by atoms with van der Waals surface area (Å²) in [5.41, 5.74) is 0.817. The van der Waals surface area contributed by atoms with Gasteiger partial charge in [0.05, 0.1) is 17.5 Å². The highest BCUT2D eigenvalue weighted by atomic mass is 35.5. The van der Waals surface area contributed by atoms with Gasteiger partial charge in [-0.05, 0) is 37.1 Å². The maximum Gasteiger partial charge on any atom is 0.251 e. The van der Waals surface area contributed by atoms with Crippen LogP contribution in [0.2, 0.25) is 5.02 Å². The van der Waals surface area contributed by atoms with Crippen molar-refractivity contribution >= 4 is 50.0 Å². The summed E-state index contributed by atoms with van der Waals surface area (Å²) in [6, 6.07) is 7.02. The minimum Gasteiger partial charge on any atom is -0.316 e. The van der Waals surface area contributed by atoms with E-state index in [1.807, 2.05) is 30.9 Å². The van der Waals surface area contributed by atoms with Crippen molar-refractivity contribution in [3.05, 3.63) is 29.3 Å². The van der Waals surface area contributed by atoms with Gasteiger partial charge >= 0.3 is 0 Å². The number of anilines is 1. The minimum atomic E-state index is -3.06. The number of halogens is 1. The van der Waals surface area contributed by atoms with Crippen molar-refractivity contribution in [2.75, 3.05) is 16.4 Å². The Kier molecular flexibility index (Phi) is 5.46. The predicted octanol–water partition coefficient (Wildman–Crippen LogP) is 3.38. The summed E-state index contributed by atoms with van der Waals surface area (Å²) in [5.74, 6) is -0.00513. The maximum absolute atomic E-state index is 12.5. The first-order valence-corrected chi connectivity index (χ1v) is 11.5. The second-order valence-electron chi connectivity index (χ2n) is 6.39. The van der Waals surface area contributed by atoms with Crippen LogP contribution < -0.4 is 4.90 Å². The topological polar surface area (TPSA) is 66.8 Å². The Morgan fingerprint density at radius 2 is 1.92 bits per heavy atom. The molecule has 0 spiro atoms. The molecule has 2 atom stereocenters. The summed E-state index contributed by atoms with van der Waals surface area (Å²) in [6.07, 6.45) is 1.50. The first-order valence-electron chi connectivity index (χ1n) is 8.39. The van der Waals surface area contributed by atoms with Gasteiger partial charge in [-0.3, -0.25) is 4.79 Å². The third kappa shape index (κ3) is 3.88. The van der Waals surface area contributed by atoms with E-state index in [1.165, 1.54) is 11.8 Å². The molecule has 0 aromatic heterocycles. The minimum absolute atomic E-state index is 0.0888. The molecule has 1 amide bonds. The Morgan fingerprint density at radius 3 is 2.52 bits per heavy atom. The van der Waals surface area contributed by atoms with Crippen molar-refractivity contribution < 1.29 is 13.2 Å². The van der Waals surface area contributed by atoms with Gasteiger partial charge in [0, 0.05) is 21.9 Å². The standard InChI is InChI=1S/C17H21ClN2O3S2/c1-3-11(4-2)16(21)19-17-20(13-7-5-12(18)6-8-13)14-9-25(22,23)10-15(14)24-17/h5-8,11,14-15H,3-4,9-10H2,1-2H3/t14-,15+/m1/s1. The fourth-order valence-electron chi connectivity index (χ4n) is 3.29. The Morgan fingerprint density at radius 1 is 1.28 bits per heavy atom. The summed E-state index contributed by atoms with van der Waals surface area (Å²) in [7, 11) is -3.06. The number of hydrogen-bond acceptors (Lipinski definition) is 4. The van der Waals surface area contributed by atoms with Crippen LogP contribution in [0.15, 0.2) is 29.3 Å². The normalized spacial score (nSPS) is 26.4. The number of sulfone groups is 1. The number of hydrogen-bond donors (Lipinski definition) is 0. The van der Waals surface area contributed by atoms with E-state index in [0.717, 1.165) is 18.5 Å². The lowest BCUT2D eigenvalue weighted by Gasteiger charge is -2.24. The highest BCUT2D eigenvalue weighted by Crippen LogP contribution is 2.41. The SMILES string of the molecule is CCC(CC)C(=O)N=C1S[C@H]2CS(=O)(=O)C[C@H]2N1c1ccc(Cl)cc1. The molecule has 2 fully saturated rings. The predicted molar refractivity (Wildman–Crippen MR) is 104 cm³/mol. The lowest BCUT2D eigenvalue weighted by Crippen LogP contribution is -2.37. The van der Waals surface area contributed by atoms with Gasteiger partial charge in [-0.1, -0.05) is 37.2 Å². The molecule has 2 aliphatic rings. The molecule has 136 valence electrons. The van der Waals surface area contributed by atoms with E-state index in [4.69, 9.17) is 11.6 Å². The van der Waals surface area contributed by atoms with E-state index in [0.29, 0.717) is 10.2 Å². The molecule has 0 radical (unpaired) electrons. The fraction of sp³-hybridized carbons (Fsp3) is 0.529. The maximum atomic E-state index is 12.5. The number of benzene rings is 1. The quantitative estimate of drug-likeness (QED) is 0.775. The van der Waals surface area contributed by atoms with E-state index in [1.54, 1.807) is 12.1 Å². The summed E-state index contributed by atoms with van der Waals surface area (Å²) in [6.45, 7) is 3.96. The van der Waals surface area contributed by atoms with Crippen LogP contribution in [0.4, 0.5) is 5.69 Å². The zero-order valence-electron chi connectivity index (χ0n) is 14.2. The Bertz CT molecular complexity index is 789. The van der Waals surface area contributed by atoms with Crippen LogP contribution in [0.1, 0.15) is 26.7 Å². The van der Waals surface area contributed by atoms with Crippen molar-refractivity contribution in [3.8, 4) is 0 Å². The summed E-state index contributed by atoms with van der Waals surface area (Å²) >= 11 is 7.37. The van der Waals surface area contributed by atoms with Crippen molar-refractivity contribution in [2.24, 2.45) is 10.9 Å². The highest BCUT2D eigenvalue weighted by Gasteiger charge is 2.49. The molecule has 0 unspecified atom stereocenters. The van der Waals surface area contributed by atoms with E-state index < -0.39 is 9.84 Å². The van der Waals surface area contributed by atoms with Crippen molar-refractivity contribution in [1.29, 1.82) is 0 Å². The van der Waals surface area contributed by atoms with Crippen LogP contribution in [0, 0.1) is 5.92 Å². The van der Waals surface area contributed by atoms with E-state index in [9.17, 15) is 13.2 Å². The molecular formula is C17H21ClN2O3S2. The number of amides is 1. The number of amidine groups is 1. The number of carbonyl (C=O) groups is 1. The molecule has 0 bridgehead atoms. The van der Waals surface area contributed by atoms with Gasteiger partial charge in [0.15, 0.2) is 15.0 Å². The van der Waals surface area contributed by atoms with Crippen LogP contribution in [-0.4, -0.2) is 42.3 Å². The zero-order valence-corrected chi connectivity index (χ0v) is 16.6. The molecule has 2 aliphatic heterocycles. The molecule has 3 rings (SSSR count). The van der Waals surface area contributed by atoms with Crippen LogP contribution in [0.25, 0.3) is 0 Å². The van der Waals surface area contributed by atoms with Crippen molar-refractivity contribution in [3.63, 3.8) is 0 Å². The van der Waals surface area contributed by atoms with Gasteiger partial charge in [0.25, 0.3) is 5.91 Å². The third-order valence-electron chi connectivity index (χ3n) is 4.71. The van der Waals surface area contributed by atoms with Gasteiger partial charge in [-0.15, -0.1) is 0 Å². The smallest absolute Gasteiger partial charge is 0.251 e. The highest BCUT2D eigenvalue weighted by molar-refractivity contribution is 8.16. The van der Waals surface area contributed by atoms with Gasteiger partial charge < -0.3 is 4.90 Å². The molecular weight excluding hydrogens is 380 g/mol. The molecule has 25 heavy (non-hydrogen) atoms. The van der Waals surface area contributed by atoms with Crippen molar-refractivity contribution in [1.82, 2.24) is 0 Å². The molecule has 1 aromatic carbocycles. The lowest BCUT2D eigenvalue weighted by molar-refractivity contribution is -0.121. The number of aliphatic imine (C=N–C) groups is 1. The number of carbonyl (C=O) groups excluding carboxylic acids is 1. The summed E-state index contributed by atoms with van der Waals surface area (Å²) in [4.78, 5) is 18.7. The second-order valence-corrected chi connectivity index (χ2v) is 10.2. The first kappa shape index (κ1) is 18.7. The van der Waals surface area contributed by atoms with Gasteiger partial charge in [0.2, 0.25) is 0 Å². The average molecular weight is 401 g/mol. The molecule has 2 heterocycles. The zero-order chi connectivity index (χ0) is 18.2. The Hall–Kier alpha value is -1.05. The van der Waals surface area contributed by atoms with Gasteiger partial charge in [0.1, 0.15) is 0 Å². The molecule has 0 aliphatic carbocycles. The molecule has 2 saturated heterocycles. The van der Waals surface area contributed by atoms with Crippen molar-refractivity contribution in [2.45, 2.75) is 38.0 Å². The van der Waals surface area contributed by atoms with E-state index in [2.05, 4.69) is 4.99 Å². The number of thioether (sulfide) groups is 1. The van der Waals surface area contributed by atoms with Crippen LogP contribution in [0.3, 0.4) is 0 Å². The van der Waals surface area contributed by atoms with Crippen LogP contribution in [-0.2, 0) is 14.6 Å². The van der Waals surface area contributed by atoms with E-state index in [-0.39, 0.29) is 34.6 Å². The Balaban J connectivity index is 1.97. The second kappa shape index (κ2) is 7.29. The summed E-state index contributed by atoms with van der Waals surface area (Å²) in [5, 5.41) is 1.12. The fourth-order valence-corrected chi connectivity index (χ4v) is 7.34. The number of nitrogens with zero attached hydrogens (tertiary/aromatic N) is 2. The van der Waals surface area contributed by atoms with E-state index >= 15 is 0 Å². The lowest BCUT2D eigenvalue weighted by atomic mass is 10.0. The number of rotatable bonds is 4. The van der Waals surface area contributed by atoms with Crippen LogP contribution >= 0.6 is 23.4 Å². The monoisotopic (exact) mass is 400 g/mol. The molecule has 5 nitrogen and oxygen atoms in total.